The molecule has 1 aliphatic heterocycles. The predicted molar refractivity (Wildman–Crippen MR) is 59.5 cm³/mol. The van der Waals surface area contributed by atoms with Crippen LogP contribution >= 0.6 is 0 Å². The summed E-state index contributed by atoms with van der Waals surface area (Å²) in [5.74, 6) is -2.29. The Labute approximate surface area is 98.2 Å². The lowest BCUT2D eigenvalue weighted by atomic mass is 9.87. The molecule has 0 unspecified atom stereocenters. The lowest BCUT2D eigenvalue weighted by Crippen LogP contribution is -2.68. The number of hydrogen-bond donors (Lipinski definition) is 1. The van der Waals surface area contributed by atoms with Crippen molar-refractivity contribution < 1.29 is 13.6 Å². The topological polar surface area (TPSA) is 46.3 Å². The molecule has 92 valence electrons. The summed E-state index contributed by atoms with van der Waals surface area (Å²) in [6.45, 7) is 2.61. The molecular formula is C12H14F2N2O. The number of likely N-dealkylation sites (tertiary alicyclic amines) is 1. The van der Waals surface area contributed by atoms with Gasteiger partial charge in [-0.1, -0.05) is 13.0 Å². The molecule has 5 heteroatoms. The summed E-state index contributed by atoms with van der Waals surface area (Å²) in [6, 6.07) is 3.38. The monoisotopic (exact) mass is 240 g/mol. The molecule has 0 aliphatic carbocycles. The van der Waals surface area contributed by atoms with Gasteiger partial charge in [0.25, 0.3) is 5.91 Å². The lowest BCUT2D eigenvalue weighted by Gasteiger charge is -2.47. The summed E-state index contributed by atoms with van der Waals surface area (Å²) in [5, 5.41) is 0. The van der Waals surface area contributed by atoms with Crippen molar-refractivity contribution in [1.29, 1.82) is 0 Å². The largest absolute Gasteiger partial charge is 0.335 e. The molecule has 1 amide bonds. The van der Waals surface area contributed by atoms with E-state index in [-0.39, 0.29) is 0 Å². The number of carbonyl (C=O) groups excluding carboxylic acids is 1. The SMILES string of the molecule is CCC1(N)CN(C(=O)c2c(F)cccc2F)C1. The van der Waals surface area contributed by atoms with Gasteiger partial charge >= 0.3 is 0 Å². The van der Waals surface area contributed by atoms with Crippen molar-refractivity contribution in [1.82, 2.24) is 4.90 Å². The van der Waals surface area contributed by atoms with Crippen LogP contribution in [0.25, 0.3) is 0 Å². The molecule has 0 aromatic heterocycles. The normalized spacial score (nSPS) is 17.8. The number of nitrogens with two attached hydrogens (primary N) is 1. The third-order valence-electron chi connectivity index (χ3n) is 3.18. The molecule has 0 radical (unpaired) electrons. The Morgan fingerprint density at radius 1 is 1.41 bits per heavy atom. The first-order valence-corrected chi connectivity index (χ1v) is 5.49. The highest BCUT2D eigenvalue weighted by atomic mass is 19.1. The zero-order valence-electron chi connectivity index (χ0n) is 9.54. The molecule has 1 aromatic carbocycles. The van der Waals surface area contributed by atoms with Crippen molar-refractivity contribution >= 4 is 5.91 Å². The van der Waals surface area contributed by atoms with E-state index in [1.807, 2.05) is 6.92 Å². The van der Waals surface area contributed by atoms with Crippen LogP contribution in [-0.2, 0) is 0 Å². The Bertz CT molecular complexity index is 436. The maximum Gasteiger partial charge on any atom is 0.259 e. The van der Waals surface area contributed by atoms with E-state index in [1.54, 1.807) is 0 Å². The number of carbonyl (C=O) groups is 1. The van der Waals surface area contributed by atoms with Crippen molar-refractivity contribution in [2.45, 2.75) is 18.9 Å². The maximum atomic E-state index is 13.4. The predicted octanol–water partition coefficient (Wildman–Crippen LogP) is 1.53. The highest BCUT2D eigenvalue weighted by molar-refractivity contribution is 5.95. The van der Waals surface area contributed by atoms with Gasteiger partial charge in [0.2, 0.25) is 0 Å². The van der Waals surface area contributed by atoms with Crippen LogP contribution in [0.3, 0.4) is 0 Å². The van der Waals surface area contributed by atoms with E-state index in [4.69, 9.17) is 5.73 Å². The minimum atomic E-state index is -0.832. The fourth-order valence-electron chi connectivity index (χ4n) is 1.94. The fourth-order valence-corrected chi connectivity index (χ4v) is 1.94. The van der Waals surface area contributed by atoms with Crippen molar-refractivity contribution in [3.8, 4) is 0 Å². The molecule has 1 aromatic rings. The van der Waals surface area contributed by atoms with Crippen molar-refractivity contribution in [2.24, 2.45) is 5.73 Å². The summed E-state index contributed by atoms with van der Waals surface area (Å²) in [7, 11) is 0. The van der Waals surface area contributed by atoms with E-state index in [0.29, 0.717) is 13.1 Å². The van der Waals surface area contributed by atoms with Crippen molar-refractivity contribution in [2.75, 3.05) is 13.1 Å². The van der Waals surface area contributed by atoms with Crippen LogP contribution in [-0.4, -0.2) is 29.4 Å². The Morgan fingerprint density at radius 2 is 1.94 bits per heavy atom. The van der Waals surface area contributed by atoms with E-state index < -0.39 is 28.6 Å². The van der Waals surface area contributed by atoms with E-state index in [1.165, 1.54) is 11.0 Å². The number of amides is 1. The Hall–Kier alpha value is -1.49. The number of hydrogen-bond acceptors (Lipinski definition) is 2. The van der Waals surface area contributed by atoms with Gasteiger partial charge in [0.05, 0.1) is 5.54 Å². The van der Waals surface area contributed by atoms with E-state index in [2.05, 4.69) is 0 Å². The van der Waals surface area contributed by atoms with E-state index in [0.717, 1.165) is 18.6 Å². The van der Waals surface area contributed by atoms with Gasteiger partial charge in [-0.15, -0.1) is 0 Å². The number of benzene rings is 1. The highest BCUT2D eigenvalue weighted by Crippen LogP contribution is 2.25. The van der Waals surface area contributed by atoms with E-state index >= 15 is 0 Å². The standard InChI is InChI=1S/C12H14F2N2O/c1-2-12(15)6-16(7-12)11(17)10-8(13)4-3-5-9(10)14/h3-5H,2,6-7,15H2,1H3. The second-order valence-corrected chi connectivity index (χ2v) is 4.47. The molecule has 0 spiro atoms. The summed E-state index contributed by atoms with van der Waals surface area (Å²) < 4.78 is 26.8. The molecule has 0 atom stereocenters. The number of halogens is 2. The Kier molecular flexibility index (Phi) is 2.87. The first kappa shape index (κ1) is 12.0. The zero-order valence-corrected chi connectivity index (χ0v) is 9.54. The smallest absolute Gasteiger partial charge is 0.259 e. The van der Waals surface area contributed by atoms with Crippen molar-refractivity contribution in [3.63, 3.8) is 0 Å². The molecule has 3 nitrogen and oxygen atoms in total. The van der Waals surface area contributed by atoms with E-state index in [9.17, 15) is 13.6 Å². The molecule has 0 saturated carbocycles. The van der Waals surface area contributed by atoms with Crippen LogP contribution in [0.5, 0.6) is 0 Å². The number of nitrogens with zero attached hydrogens (tertiary/aromatic N) is 1. The van der Waals surface area contributed by atoms with Crippen LogP contribution in [0.1, 0.15) is 23.7 Å². The third-order valence-corrected chi connectivity index (χ3v) is 3.18. The minimum Gasteiger partial charge on any atom is -0.335 e. The van der Waals surface area contributed by atoms with Crippen LogP contribution in [0, 0.1) is 11.6 Å². The van der Waals surface area contributed by atoms with Gasteiger partial charge in [-0.2, -0.15) is 0 Å². The van der Waals surface area contributed by atoms with Gasteiger partial charge in [0.15, 0.2) is 0 Å². The summed E-state index contributed by atoms with van der Waals surface area (Å²) in [6.07, 6.45) is 0.733. The summed E-state index contributed by atoms with van der Waals surface area (Å²) in [4.78, 5) is 13.2. The Balaban J connectivity index is 2.17. The van der Waals surface area contributed by atoms with Crippen molar-refractivity contribution in [3.05, 3.63) is 35.4 Å². The molecule has 2 N–H and O–H groups in total. The molecule has 2 rings (SSSR count). The van der Waals surface area contributed by atoms with Crippen LogP contribution in [0.2, 0.25) is 0 Å². The van der Waals surface area contributed by atoms with Gasteiger partial charge in [0, 0.05) is 13.1 Å². The minimum absolute atomic E-state index is 0.343. The molecule has 1 fully saturated rings. The summed E-state index contributed by atoms with van der Waals surface area (Å²) >= 11 is 0. The molecule has 0 bridgehead atoms. The highest BCUT2D eigenvalue weighted by Gasteiger charge is 2.41. The van der Waals surface area contributed by atoms with Gasteiger partial charge in [-0.05, 0) is 18.6 Å². The quantitative estimate of drug-likeness (QED) is 0.852. The molecule has 1 aliphatic rings. The van der Waals surface area contributed by atoms with Crippen LogP contribution in [0.4, 0.5) is 8.78 Å². The lowest BCUT2D eigenvalue weighted by molar-refractivity contribution is 0.0392. The van der Waals surface area contributed by atoms with Gasteiger partial charge in [-0.25, -0.2) is 8.78 Å². The van der Waals surface area contributed by atoms with Crippen LogP contribution in [0.15, 0.2) is 18.2 Å². The van der Waals surface area contributed by atoms with Gasteiger partial charge < -0.3 is 10.6 Å². The second kappa shape index (κ2) is 4.07. The molecule has 17 heavy (non-hydrogen) atoms. The van der Waals surface area contributed by atoms with Gasteiger partial charge in [0.1, 0.15) is 17.2 Å². The molecule has 1 saturated heterocycles. The second-order valence-electron chi connectivity index (χ2n) is 4.47. The van der Waals surface area contributed by atoms with Gasteiger partial charge in [-0.3, -0.25) is 4.79 Å². The first-order chi connectivity index (χ1) is 7.97. The average Bonchev–Trinajstić information content (AvgIpc) is 2.24. The first-order valence-electron chi connectivity index (χ1n) is 5.49. The molecule has 1 heterocycles. The fraction of sp³-hybridized carbons (Fsp3) is 0.417. The van der Waals surface area contributed by atoms with Crippen LogP contribution < -0.4 is 5.73 Å². The molecular weight excluding hydrogens is 226 g/mol. The third kappa shape index (κ3) is 2.02. The maximum absolute atomic E-state index is 13.4. The number of rotatable bonds is 2. The summed E-state index contributed by atoms with van der Waals surface area (Å²) in [5.41, 5.74) is 5.00. The zero-order chi connectivity index (χ0) is 12.6. The Morgan fingerprint density at radius 3 is 2.41 bits per heavy atom. The average molecular weight is 240 g/mol.